The molecule has 1 aliphatic heterocycles. The van der Waals surface area contributed by atoms with Gasteiger partial charge in [-0.1, -0.05) is 0 Å². The van der Waals surface area contributed by atoms with E-state index in [0.717, 1.165) is 27.9 Å². The Labute approximate surface area is 226 Å². The molecule has 10 nitrogen and oxygen atoms in total. The lowest BCUT2D eigenvalue weighted by molar-refractivity contribution is -0.261. The van der Waals surface area contributed by atoms with E-state index in [2.05, 4.69) is 5.10 Å². The van der Waals surface area contributed by atoms with Crippen LogP contribution in [0, 0.1) is 5.82 Å². The van der Waals surface area contributed by atoms with E-state index >= 15 is 0 Å². The van der Waals surface area contributed by atoms with Crippen LogP contribution in [0.4, 0.5) is 23.4 Å². The number of nitrogens with one attached hydrogen (secondary N) is 1. The number of hydrogen-bond acceptors (Lipinski definition) is 6. The Balaban J connectivity index is 1.77. The SMILES string of the molecule is CCN(CC(O)(CNC(=O)c1cnn(-c2ccc(F)cc2)c1N)C(F)(F)F)C(=O)C1CCCCN1C(=O)CCl. The first-order chi connectivity index (χ1) is 18.3. The highest BCUT2D eigenvalue weighted by atomic mass is 35.5. The van der Waals surface area contributed by atoms with Crippen LogP contribution in [0.3, 0.4) is 0 Å². The monoisotopic (exact) mass is 576 g/mol. The van der Waals surface area contributed by atoms with Gasteiger partial charge in [-0.3, -0.25) is 14.4 Å². The van der Waals surface area contributed by atoms with Gasteiger partial charge in [-0.15, -0.1) is 11.6 Å². The first-order valence-corrected chi connectivity index (χ1v) is 12.7. The second kappa shape index (κ2) is 12.2. The normalized spacial score (nSPS) is 17.4. The van der Waals surface area contributed by atoms with Gasteiger partial charge in [0, 0.05) is 13.1 Å². The number of halogens is 5. The summed E-state index contributed by atoms with van der Waals surface area (Å²) in [6, 6.07) is 3.95. The Hall–Kier alpha value is -3.39. The number of hydrogen-bond donors (Lipinski definition) is 3. The lowest BCUT2D eigenvalue weighted by atomic mass is 9.98. The molecule has 2 aromatic rings. The summed E-state index contributed by atoms with van der Waals surface area (Å²) in [5, 5.41) is 16.6. The van der Waals surface area contributed by atoms with E-state index in [1.165, 1.54) is 24.0 Å². The molecule has 15 heteroatoms. The molecule has 0 saturated carbocycles. The highest BCUT2D eigenvalue weighted by Crippen LogP contribution is 2.32. The van der Waals surface area contributed by atoms with E-state index < -0.39 is 54.4 Å². The Morgan fingerprint density at radius 2 is 1.90 bits per heavy atom. The van der Waals surface area contributed by atoms with Gasteiger partial charge in [-0.05, 0) is 50.5 Å². The van der Waals surface area contributed by atoms with Gasteiger partial charge < -0.3 is 26.0 Å². The number of likely N-dealkylation sites (N-methyl/N-ethyl adjacent to an activating group) is 1. The van der Waals surface area contributed by atoms with Crippen LogP contribution < -0.4 is 11.1 Å². The Bertz CT molecular complexity index is 1190. The van der Waals surface area contributed by atoms with Crippen LogP contribution in [0.25, 0.3) is 5.69 Å². The van der Waals surface area contributed by atoms with Gasteiger partial charge in [0.1, 0.15) is 29.1 Å². The van der Waals surface area contributed by atoms with Crippen LogP contribution in [0.5, 0.6) is 0 Å². The second-order valence-corrected chi connectivity index (χ2v) is 9.40. The number of anilines is 1. The molecule has 2 heterocycles. The van der Waals surface area contributed by atoms with Crippen LogP contribution in [-0.4, -0.2) is 92.3 Å². The minimum Gasteiger partial charge on any atom is -0.383 e. The van der Waals surface area contributed by atoms with Gasteiger partial charge in [0.2, 0.25) is 11.8 Å². The number of nitrogens with two attached hydrogens (primary N) is 1. The molecule has 1 aliphatic rings. The highest BCUT2D eigenvalue weighted by Gasteiger charge is 2.55. The molecule has 3 rings (SSSR count). The fourth-order valence-electron chi connectivity index (χ4n) is 4.32. The number of alkyl halides is 4. The van der Waals surface area contributed by atoms with E-state index in [-0.39, 0.29) is 36.8 Å². The summed E-state index contributed by atoms with van der Waals surface area (Å²) < 4.78 is 56.5. The fraction of sp³-hybridized carbons (Fsp3) is 0.500. The van der Waals surface area contributed by atoms with E-state index in [4.69, 9.17) is 17.3 Å². The van der Waals surface area contributed by atoms with Crippen molar-refractivity contribution in [2.75, 3.05) is 37.8 Å². The summed E-state index contributed by atoms with van der Waals surface area (Å²) in [5.74, 6) is -3.44. The van der Waals surface area contributed by atoms with E-state index in [1.54, 1.807) is 0 Å². The number of rotatable bonds is 9. The number of nitrogen functional groups attached to an aromatic ring is 1. The fourth-order valence-corrected chi connectivity index (χ4v) is 4.48. The second-order valence-electron chi connectivity index (χ2n) is 9.13. The summed E-state index contributed by atoms with van der Waals surface area (Å²) >= 11 is 5.64. The van der Waals surface area contributed by atoms with Gasteiger partial charge in [-0.25, -0.2) is 9.07 Å². The summed E-state index contributed by atoms with van der Waals surface area (Å²) in [5.41, 5.74) is 2.45. The molecule has 0 aliphatic carbocycles. The predicted octanol–water partition coefficient (Wildman–Crippen LogP) is 2.09. The van der Waals surface area contributed by atoms with Gasteiger partial charge in [0.05, 0.1) is 25.0 Å². The van der Waals surface area contributed by atoms with Crippen molar-refractivity contribution in [2.24, 2.45) is 0 Å². The molecule has 1 aromatic carbocycles. The molecule has 4 N–H and O–H groups in total. The summed E-state index contributed by atoms with van der Waals surface area (Å²) in [6.45, 7) is -0.992. The lowest BCUT2D eigenvalue weighted by Crippen LogP contribution is -2.62. The van der Waals surface area contributed by atoms with E-state index in [9.17, 15) is 37.1 Å². The van der Waals surface area contributed by atoms with Crippen molar-refractivity contribution in [1.29, 1.82) is 0 Å². The van der Waals surface area contributed by atoms with E-state index in [1.807, 2.05) is 5.32 Å². The van der Waals surface area contributed by atoms with Crippen molar-refractivity contribution in [1.82, 2.24) is 24.9 Å². The van der Waals surface area contributed by atoms with Gasteiger partial charge in [0.15, 0.2) is 5.60 Å². The van der Waals surface area contributed by atoms with Crippen LogP contribution >= 0.6 is 11.6 Å². The number of benzene rings is 1. The molecular formula is C24H29ClF4N6O4. The number of piperidine rings is 1. The van der Waals surface area contributed by atoms with Crippen molar-refractivity contribution in [3.8, 4) is 5.69 Å². The number of likely N-dealkylation sites (tertiary alicyclic amines) is 1. The quantitative estimate of drug-likeness (QED) is 0.309. The van der Waals surface area contributed by atoms with Crippen LogP contribution in [-0.2, 0) is 9.59 Å². The third-order valence-electron chi connectivity index (χ3n) is 6.56. The number of aromatic nitrogens is 2. The summed E-state index contributed by atoms with van der Waals surface area (Å²) in [6.07, 6.45) is -2.76. The molecular weight excluding hydrogens is 548 g/mol. The van der Waals surface area contributed by atoms with Crippen molar-refractivity contribution in [2.45, 2.75) is 44.0 Å². The average molecular weight is 577 g/mol. The van der Waals surface area contributed by atoms with Crippen molar-refractivity contribution in [3.63, 3.8) is 0 Å². The number of aliphatic hydroxyl groups is 1. The molecule has 1 saturated heterocycles. The molecule has 2 unspecified atom stereocenters. The van der Waals surface area contributed by atoms with Crippen LogP contribution in [0.2, 0.25) is 0 Å². The standard InChI is InChI=1S/C24H29ClF4N6O4/c1-2-33(22(38)18-5-3-4-10-34(18)19(36)11-25)14-23(39,24(27,28)29)13-31-21(37)17-12-32-35(20(17)30)16-8-6-15(26)7-9-16/h6-9,12,18,39H,2-5,10-11,13-14,30H2,1H3,(H,31,37). The van der Waals surface area contributed by atoms with Crippen molar-refractivity contribution in [3.05, 3.63) is 41.8 Å². The predicted molar refractivity (Wildman–Crippen MR) is 134 cm³/mol. The average Bonchev–Trinajstić information content (AvgIpc) is 3.30. The number of carbonyl (C=O) groups is 3. The molecule has 1 fully saturated rings. The van der Waals surface area contributed by atoms with Crippen LogP contribution in [0.1, 0.15) is 36.5 Å². The minimum atomic E-state index is -5.24. The minimum absolute atomic E-state index is 0.192. The van der Waals surface area contributed by atoms with Gasteiger partial charge in [0.25, 0.3) is 5.91 Å². The lowest BCUT2D eigenvalue weighted by Gasteiger charge is -2.40. The molecule has 0 spiro atoms. The smallest absolute Gasteiger partial charge is 0.383 e. The largest absolute Gasteiger partial charge is 0.420 e. The Morgan fingerprint density at radius 3 is 2.49 bits per heavy atom. The molecule has 214 valence electrons. The zero-order valence-corrected chi connectivity index (χ0v) is 21.8. The van der Waals surface area contributed by atoms with Gasteiger partial charge in [-0.2, -0.15) is 18.3 Å². The molecule has 2 atom stereocenters. The van der Waals surface area contributed by atoms with Crippen molar-refractivity contribution >= 4 is 35.1 Å². The summed E-state index contributed by atoms with van der Waals surface area (Å²) in [4.78, 5) is 40.2. The third kappa shape index (κ3) is 6.61. The maximum absolute atomic E-state index is 14.1. The number of nitrogens with zero attached hydrogens (tertiary/aromatic N) is 4. The number of amides is 3. The van der Waals surface area contributed by atoms with Crippen molar-refractivity contribution < 1.29 is 37.1 Å². The zero-order chi connectivity index (χ0) is 29.0. The topological polar surface area (TPSA) is 134 Å². The number of carbonyl (C=O) groups excluding carboxylic acids is 3. The maximum Gasteiger partial charge on any atom is 0.420 e. The molecule has 3 amide bonds. The third-order valence-corrected chi connectivity index (χ3v) is 6.79. The van der Waals surface area contributed by atoms with Gasteiger partial charge >= 0.3 is 6.18 Å². The maximum atomic E-state index is 14.1. The first-order valence-electron chi connectivity index (χ1n) is 12.1. The van der Waals surface area contributed by atoms with Crippen LogP contribution in [0.15, 0.2) is 30.5 Å². The first kappa shape index (κ1) is 30.2. The Morgan fingerprint density at radius 1 is 1.23 bits per heavy atom. The highest BCUT2D eigenvalue weighted by molar-refractivity contribution is 6.27. The molecule has 1 aromatic heterocycles. The zero-order valence-electron chi connectivity index (χ0n) is 21.0. The molecule has 0 radical (unpaired) electrons. The Kier molecular flexibility index (Phi) is 9.43. The van der Waals surface area contributed by atoms with E-state index in [0.29, 0.717) is 18.5 Å². The molecule has 0 bridgehead atoms. The molecule has 39 heavy (non-hydrogen) atoms. The summed E-state index contributed by atoms with van der Waals surface area (Å²) in [7, 11) is 0.